The number of nitro benzene ring substituents is 1. The van der Waals surface area contributed by atoms with E-state index in [2.05, 4.69) is 5.32 Å². The average molecular weight is 433 g/mol. The summed E-state index contributed by atoms with van der Waals surface area (Å²) in [5, 5.41) is 14.0. The number of nitrogens with zero attached hydrogens (tertiary/aromatic N) is 2. The number of rotatable bonds is 6. The first-order chi connectivity index (χ1) is 15.4. The molecule has 0 spiro atoms. The number of carbonyl (C=O) groups excluding carboxylic acids is 2. The lowest BCUT2D eigenvalue weighted by molar-refractivity contribution is -0.384. The first kappa shape index (κ1) is 20.7. The molecule has 0 saturated carbocycles. The molecule has 0 aromatic heterocycles. The van der Waals surface area contributed by atoms with Gasteiger partial charge in [0.15, 0.2) is 0 Å². The summed E-state index contributed by atoms with van der Waals surface area (Å²) in [6.07, 6.45) is 0. The van der Waals surface area contributed by atoms with Crippen molar-refractivity contribution in [2.45, 2.75) is 0 Å². The Morgan fingerprint density at radius 2 is 1.66 bits per heavy atom. The number of benzene rings is 3. The number of nitrogens with one attached hydrogen (secondary N) is 1. The van der Waals surface area contributed by atoms with Gasteiger partial charge in [-0.25, -0.2) is 9.29 Å². The molecule has 2 amide bonds. The highest BCUT2D eigenvalue weighted by Gasteiger charge is 2.40. The summed E-state index contributed by atoms with van der Waals surface area (Å²) in [7, 11) is 1.50. The summed E-state index contributed by atoms with van der Waals surface area (Å²) < 4.78 is 18.6. The van der Waals surface area contributed by atoms with Crippen molar-refractivity contribution in [3.63, 3.8) is 0 Å². The molecule has 0 atom stereocenters. The molecule has 0 saturated heterocycles. The maximum absolute atomic E-state index is 13.4. The zero-order valence-corrected chi connectivity index (χ0v) is 16.7. The summed E-state index contributed by atoms with van der Waals surface area (Å²) >= 11 is 0. The molecular formula is C23H16FN3O5. The van der Waals surface area contributed by atoms with E-state index >= 15 is 0 Å². The van der Waals surface area contributed by atoms with E-state index in [1.807, 2.05) is 0 Å². The van der Waals surface area contributed by atoms with Gasteiger partial charge in [-0.05, 0) is 54.1 Å². The second-order valence-corrected chi connectivity index (χ2v) is 6.83. The van der Waals surface area contributed by atoms with Gasteiger partial charge in [0, 0.05) is 23.9 Å². The Labute approximate surface area is 181 Å². The van der Waals surface area contributed by atoms with Crippen molar-refractivity contribution in [3.8, 4) is 5.75 Å². The van der Waals surface area contributed by atoms with Crippen LogP contribution in [0.4, 0.5) is 21.5 Å². The highest BCUT2D eigenvalue weighted by molar-refractivity contribution is 6.46. The third-order valence-corrected chi connectivity index (χ3v) is 4.87. The summed E-state index contributed by atoms with van der Waals surface area (Å²) in [5.41, 5.74) is 0.898. The van der Waals surface area contributed by atoms with Crippen LogP contribution in [-0.2, 0) is 9.59 Å². The first-order valence-electron chi connectivity index (χ1n) is 9.43. The summed E-state index contributed by atoms with van der Waals surface area (Å²) in [4.78, 5) is 37.9. The number of ether oxygens (including phenoxy) is 1. The number of imide groups is 1. The van der Waals surface area contributed by atoms with Crippen LogP contribution in [-0.4, -0.2) is 23.8 Å². The van der Waals surface area contributed by atoms with Gasteiger partial charge >= 0.3 is 0 Å². The van der Waals surface area contributed by atoms with Crippen molar-refractivity contribution in [3.05, 3.63) is 100.0 Å². The van der Waals surface area contributed by atoms with Gasteiger partial charge < -0.3 is 10.1 Å². The molecule has 3 aromatic rings. The van der Waals surface area contributed by atoms with Crippen molar-refractivity contribution < 1.29 is 23.6 Å². The third-order valence-electron chi connectivity index (χ3n) is 4.87. The average Bonchev–Trinajstić information content (AvgIpc) is 3.04. The first-order valence-corrected chi connectivity index (χ1v) is 9.43. The number of hydrogen-bond donors (Lipinski definition) is 1. The SMILES string of the molecule is COc1cccc(NC2=C(c3ccc([N+](=O)[O-])cc3)C(=O)N(c3ccc(F)cc3)C2=O)c1. The topological polar surface area (TPSA) is 102 Å². The molecule has 1 aliphatic rings. The van der Waals surface area contributed by atoms with Crippen LogP contribution in [0.15, 0.2) is 78.5 Å². The predicted octanol–water partition coefficient (Wildman–Crippen LogP) is 4.14. The minimum atomic E-state index is -0.641. The highest BCUT2D eigenvalue weighted by Crippen LogP contribution is 2.34. The van der Waals surface area contributed by atoms with Gasteiger partial charge in [0.05, 0.1) is 23.3 Å². The smallest absolute Gasteiger partial charge is 0.282 e. The van der Waals surface area contributed by atoms with Crippen molar-refractivity contribution in [1.82, 2.24) is 0 Å². The minimum Gasteiger partial charge on any atom is -0.497 e. The Kier molecular flexibility index (Phi) is 5.38. The van der Waals surface area contributed by atoms with Gasteiger partial charge in [0.2, 0.25) is 0 Å². The zero-order chi connectivity index (χ0) is 22.8. The van der Waals surface area contributed by atoms with Crippen LogP contribution in [0.25, 0.3) is 5.57 Å². The molecular weight excluding hydrogens is 417 g/mol. The van der Waals surface area contributed by atoms with Crippen molar-refractivity contribution in [2.75, 3.05) is 17.3 Å². The summed E-state index contributed by atoms with van der Waals surface area (Å²) in [6, 6.07) is 17.0. The molecule has 0 fully saturated rings. The largest absolute Gasteiger partial charge is 0.497 e. The van der Waals surface area contributed by atoms with Gasteiger partial charge in [-0.1, -0.05) is 6.07 Å². The number of non-ortho nitro benzene ring substituents is 1. The highest BCUT2D eigenvalue weighted by atomic mass is 19.1. The molecule has 1 heterocycles. The lowest BCUT2D eigenvalue weighted by Crippen LogP contribution is -2.32. The standard InChI is InChI=1S/C23H16FN3O5/c1-32-19-4-2-3-16(13-19)25-21-20(14-5-9-18(10-6-14)27(30)31)22(28)26(23(21)29)17-11-7-15(24)8-12-17/h2-13,25H,1H3. The van der Waals surface area contributed by atoms with E-state index < -0.39 is 22.6 Å². The Balaban J connectivity index is 1.81. The van der Waals surface area contributed by atoms with E-state index in [0.29, 0.717) is 17.0 Å². The van der Waals surface area contributed by atoms with Crippen LogP contribution in [0.2, 0.25) is 0 Å². The van der Waals surface area contributed by atoms with E-state index in [0.717, 1.165) is 17.0 Å². The molecule has 3 aromatic carbocycles. The maximum atomic E-state index is 13.4. The van der Waals surface area contributed by atoms with Crippen LogP contribution in [0.5, 0.6) is 5.75 Å². The number of halogens is 1. The number of anilines is 2. The number of hydrogen-bond acceptors (Lipinski definition) is 6. The van der Waals surface area contributed by atoms with E-state index in [4.69, 9.17) is 4.74 Å². The lowest BCUT2D eigenvalue weighted by atomic mass is 10.0. The number of carbonyl (C=O) groups is 2. The summed E-state index contributed by atoms with van der Waals surface area (Å²) in [5.74, 6) is -1.25. The minimum absolute atomic E-state index is 0.0126. The second kappa shape index (κ2) is 8.31. The molecule has 1 aliphatic heterocycles. The predicted molar refractivity (Wildman–Crippen MR) is 116 cm³/mol. The molecule has 160 valence electrons. The maximum Gasteiger partial charge on any atom is 0.282 e. The molecule has 0 aliphatic carbocycles. The fourth-order valence-electron chi connectivity index (χ4n) is 3.33. The zero-order valence-electron chi connectivity index (χ0n) is 16.7. The van der Waals surface area contributed by atoms with Gasteiger partial charge in [-0.3, -0.25) is 19.7 Å². The van der Waals surface area contributed by atoms with E-state index in [1.165, 1.54) is 43.5 Å². The van der Waals surface area contributed by atoms with Gasteiger partial charge in [-0.15, -0.1) is 0 Å². The van der Waals surface area contributed by atoms with Crippen molar-refractivity contribution >= 4 is 34.4 Å². The molecule has 9 heteroatoms. The fourth-order valence-corrected chi connectivity index (χ4v) is 3.33. The summed E-state index contributed by atoms with van der Waals surface area (Å²) in [6.45, 7) is 0. The molecule has 32 heavy (non-hydrogen) atoms. The second-order valence-electron chi connectivity index (χ2n) is 6.83. The third kappa shape index (κ3) is 3.79. The molecule has 8 nitrogen and oxygen atoms in total. The molecule has 0 radical (unpaired) electrons. The Morgan fingerprint density at radius 3 is 2.28 bits per heavy atom. The van der Waals surface area contributed by atoms with Crippen molar-refractivity contribution in [2.24, 2.45) is 0 Å². The molecule has 0 unspecified atom stereocenters. The van der Waals surface area contributed by atoms with Gasteiger partial charge in [0.25, 0.3) is 17.5 Å². The van der Waals surface area contributed by atoms with Gasteiger partial charge in [-0.2, -0.15) is 0 Å². The normalized spacial score (nSPS) is 13.5. The van der Waals surface area contributed by atoms with Crippen LogP contribution >= 0.6 is 0 Å². The number of nitro groups is 1. The molecule has 1 N–H and O–H groups in total. The van der Waals surface area contributed by atoms with Crippen LogP contribution in [0.1, 0.15) is 5.56 Å². The Hall–Kier alpha value is -4.53. The van der Waals surface area contributed by atoms with E-state index in [-0.39, 0.29) is 22.6 Å². The number of amides is 2. The van der Waals surface area contributed by atoms with Crippen LogP contribution in [0.3, 0.4) is 0 Å². The number of methoxy groups -OCH3 is 1. The molecule has 4 rings (SSSR count). The Morgan fingerprint density at radius 1 is 0.969 bits per heavy atom. The lowest BCUT2D eigenvalue weighted by Gasteiger charge is -2.15. The van der Waals surface area contributed by atoms with Crippen LogP contribution in [0, 0.1) is 15.9 Å². The molecule has 0 bridgehead atoms. The van der Waals surface area contributed by atoms with Gasteiger partial charge in [0.1, 0.15) is 17.3 Å². The monoisotopic (exact) mass is 433 g/mol. The fraction of sp³-hybridized carbons (Fsp3) is 0.0435. The Bertz CT molecular complexity index is 1250. The van der Waals surface area contributed by atoms with E-state index in [9.17, 15) is 24.1 Å². The quantitative estimate of drug-likeness (QED) is 0.356. The van der Waals surface area contributed by atoms with Crippen molar-refractivity contribution in [1.29, 1.82) is 0 Å². The van der Waals surface area contributed by atoms with E-state index in [1.54, 1.807) is 24.3 Å². The van der Waals surface area contributed by atoms with Crippen LogP contribution < -0.4 is 15.0 Å².